The largest absolute Gasteiger partial charge is 0.497 e. The van der Waals surface area contributed by atoms with Crippen LogP contribution >= 0.6 is 11.6 Å². The van der Waals surface area contributed by atoms with Crippen LogP contribution in [0.2, 0.25) is 5.02 Å². The summed E-state index contributed by atoms with van der Waals surface area (Å²) in [4.78, 5) is 16.6. The van der Waals surface area contributed by atoms with E-state index in [1.54, 1.807) is 24.1 Å². The van der Waals surface area contributed by atoms with E-state index in [-0.39, 0.29) is 15.5 Å². The molecule has 2 aromatic carbocycles. The number of nitrogens with one attached hydrogen (secondary N) is 1. The van der Waals surface area contributed by atoms with Gasteiger partial charge in [-0.05, 0) is 36.4 Å². The highest BCUT2D eigenvalue weighted by Gasteiger charge is 2.21. The minimum atomic E-state index is -3.97. The second-order valence-electron chi connectivity index (χ2n) is 6.17. The van der Waals surface area contributed by atoms with Crippen LogP contribution < -0.4 is 9.46 Å². The van der Waals surface area contributed by atoms with E-state index in [2.05, 4.69) is 9.71 Å². The smallest absolute Gasteiger partial charge is 0.240 e. The van der Waals surface area contributed by atoms with Gasteiger partial charge in [0.2, 0.25) is 10.0 Å². The molecule has 0 saturated heterocycles. The van der Waals surface area contributed by atoms with Crippen molar-refractivity contribution in [1.82, 2.24) is 14.3 Å². The number of methoxy groups -OCH3 is 1. The average Bonchev–Trinajstić information content (AvgIpc) is 3.14. The van der Waals surface area contributed by atoms with Gasteiger partial charge in [0.25, 0.3) is 0 Å². The fraction of sp³-hybridized carbons (Fsp3) is 0.158. The van der Waals surface area contributed by atoms with Crippen LogP contribution in [0.1, 0.15) is 10.4 Å². The first kappa shape index (κ1) is 21.0. The summed E-state index contributed by atoms with van der Waals surface area (Å²) in [5.74, 6) is -1.19. The number of carbonyl (C=O) groups is 1. The molecule has 0 unspecified atom stereocenters. The van der Waals surface area contributed by atoms with Gasteiger partial charge in [-0.2, -0.15) is 0 Å². The molecule has 0 bridgehead atoms. The van der Waals surface area contributed by atoms with E-state index < -0.39 is 28.2 Å². The number of aromatic nitrogens is 2. The maximum atomic E-state index is 14.4. The highest BCUT2D eigenvalue weighted by atomic mass is 35.5. The number of ether oxygens (including phenoxy) is 1. The number of hydrogen-bond acceptors (Lipinski definition) is 5. The zero-order valence-corrected chi connectivity index (χ0v) is 17.1. The predicted molar refractivity (Wildman–Crippen MR) is 106 cm³/mol. The summed E-state index contributed by atoms with van der Waals surface area (Å²) in [5.41, 5.74) is 0.621. The maximum Gasteiger partial charge on any atom is 0.240 e. The van der Waals surface area contributed by atoms with E-state index in [0.717, 1.165) is 0 Å². The molecule has 0 aliphatic rings. The van der Waals surface area contributed by atoms with Crippen LogP contribution in [-0.2, 0) is 17.1 Å². The van der Waals surface area contributed by atoms with Gasteiger partial charge in [0.15, 0.2) is 11.6 Å². The molecule has 0 radical (unpaired) electrons. The van der Waals surface area contributed by atoms with Crippen molar-refractivity contribution in [2.45, 2.75) is 4.90 Å². The zero-order valence-electron chi connectivity index (χ0n) is 15.5. The van der Waals surface area contributed by atoms with Gasteiger partial charge in [0.1, 0.15) is 5.75 Å². The molecule has 152 valence electrons. The van der Waals surface area contributed by atoms with Crippen molar-refractivity contribution in [1.29, 1.82) is 0 Å². The lowest BCUT2D eigenvalue weighted by molar-refractivity contribution is 0.0993. The Hall–Kier alpha value is -2.75. The van der Waals surface area contributed by atoms with Crippen molar-refractivity contribution < 1.29 is 22.3 Å². The number of aryl methyl sites for hydroxylation is 1. The van der Waals surface area contributed by atoms with Crippen molar-refractivity contribution in [3.05, 3.63) is 65.3 Å². The number of benzene rings is 2. The molecule has 3 aromatic rings. The summed E-state index contributed by atoms with van der Waals surface area (Å²) < 4.78 is 48.0. The molecule has 0 saturated carbocycles. The fourth-order valence-electron chi connectivity index (χ4n) is 2.60. The summed E-state index contributed by atoms with van der Waals surface area (Å²) >= 11 is 5.92. The monoisotopic (exact) mass is 437 g/mol. The zero-order chi connectivity index (χ0) is 21.2. The predicted octanol–water partition coefficient (Wildman–Crippen LogP) is 3.05. The minimum Gasteiger partial charge on any atom is -0.497 e. The van der Waals surface area contributed by atoms with Gasteiger partial charge in [-0.3, -0.25) is 4.79 Å². The van der Waals surface area contributed by atoms with E-state index in [0.29, 0.717) is 17.0 Å². The number of nitrogens with zero attached hydrogens (tertiary/aromatic N) is 2. The van der Waals surface area contributed by atoms with Gasteiger partial charge in [-0.25, -0.2) is 22.5 Å². The van der Waals surface area contributed by atoms with Gasteiger partial charge < -0.3 is 9.30 Å². The van der Waals surface area contributed by atoms with Crippen LogP contribution in [0.25, 0.3) is 11.3 Å². The third kappa shape index (κ3) is 4.64. The number of hydrogen-bond donors (Lipinski definition) is 1. The molecule has 0 atom stereocenters. The van der Waals surface area contributed by atoms with Gasteiger partial charge in [0, 0.05) is 18.8 Å². The number of sulfonamides is 1. The van der Waals surface area contributed by atoms with Gasteiger partial charge in [-0.15, -0.1) is 0 Å². The molecule has 7 nitrogen and oxygen atoms in total. The highest BCUT2D eigenvalue weighted by molar-refractivity contribution is 7.89. The standard InChI is InChI=1S/C19H17ClFN3O4S/c1-24-10-17(22-11-24)12-7-15(19(21)16(20)8-12)18(25)9-23-29(26,27)14-5-3-13(28-2)4-6-14/h3-8,10-11,23H,9H2,1-2H3. The second kappa shape index (κ2) is 8.32. The van der Waals surface area contributed by atoms with Crippen LogP contribution in [0.5, 0.6) is 5.75 Å². The van der Waals surface area contributed by atoms with Gasteiger partial charge >= 0.3 is 0 Å². The Labute approximate surface area is 172 Å². The van der Waals surface area contributed by atoms with Crippen LogP contribution in [0, 0.1) is 5.82 Å². The number of Topliss-reactive ketones (excluding diaryl/α,β-unsaturated/α-hetero) is 1. The Morgan fingerprint density at radius 1 is 1.28 bits per heavy atom. The number of halogens is 2. The van der Waals surface area contributed by atoms with E-state index in [1.165, 1.54) is 43.5 Å². The normalized spacial score (nSPS) is 11.4. The Balaban J connectivity index is 1.82. The molecule has 0 fully saturated rings. The van der Waals surface area contributed by atoms with Crippen LogP contribution in [0.3, 0.4) is 0 Å². The van der Waals surface area contributed by atoms with Crippen molar-refractivity contribution >= 4 is 27.4 Å². The lowest BCUT2D eigenvalue weighted by atomic mass is 10.0. The lowest BCUT2D eigenvalue weighted by Gasteiger charge is -2.09. The minimum absolute atomic E-state index is 0.0492. The summed E-state index contributed by atoms with van der Waals surface area (Å²) in [7, 11) is -0.745. The van der Waals surface area contributed by atoms with Gasteiger partial charge in [0.05, 0.1) is 41.2 Å². The molecule has 1 N–H and O–H groups in total. The molecule has 29 heavy (non-hydrogen) atoms. The summed E-state index contributed by atoms with van der Waals surface area (Å²) in [6.07, 6.45) is 3.24. The number of carbonyl (C=O) groups excluding carboxylic acids is 1. The lowest BCUT2D eigenvalue weighted by Crippen LogP contribution is -2.30. The Morgan fingerprint density at radius 2 is 1.97 bits per heavy atom. The number of rotatable bonds is 7. The highest BCUT2D eigenvalue weighted by Crippen LogP contribution is 2.27. The van der Waals surface area contributed by atoms with E-state index in [1.807, 2.05) is 0 Å². The molecule has 0 aliphatic heterocycles. The van der Waals surface area contributed by atoms with Gasteiger partial charge in [-0.1, -0.05) is 11.6 Å². The molecule has 0 spiro atoms. The Kier molecular flexibility index (Phi) is 6.02. The average molecular weight is 438 g/mol. The van der Waals surface area contributed by atoms with Crippen LogP contribution in [0.15, 0.2) is 53.8 Å². The molecular formula is C19H17ClFN3O4S. The fourth-order valence-corrected chi connectivity index (χ4v) is 3.80. The third-order valence-electron chi connectivity index (χ3n) is 4.12. The second-order valence-corrected chi connectivity index (χ2v) is 8.34. The van der Waals surface area contributed by atoms with E-state index in [4.69, 9.17) is 16.3 Å². The summed E-state index contributed by atoms with van der Waals surface area (Å²) in [6.45, 7) is -0.632. The topological polar surface area (TPSA) is 90.3 Å². The molecule has 1 heterocycles. The third-order valence-corrected chi connectivity index (χ3v) is 5.81. The summed E-state index contributed by atoms with van der Waals surface area (Å²) in [5, 5.41) is -0.255. The van der Waals surface area contributed by atoms with E-state index >= 15 is 0 Å². The van der Waals surface area contributed by atoms with Crippen molar-refractivity contribution in [2.75, 3.05) is 13.7 Å². The van der Waals surface area contributed by atoms with Crippen LogP contribution in [0.4, 0.5) is 4.39 Å². The molecule has 3 rings (SSSR count). The first-order valence-corrected chi connectivity index (χ1v) is 10.2. The molecule has 0 aliphatic carbocycles. The van der Waals surface area contributed by atoms with E-state index in [9.17, 15) is 17.6 Å². The maximum absolute atomic E-state index is 14.4. The van der Waals surface area contributed by atoms with Crippen LogP contribution in [-0.4, -0.2) is 37.4 Å². The first-order valence-electron chi connectivity index (χ1n) is 8.35. The first-order chi connectivity index (χ1) is 13.7. The Morgan fingerprint density at radius 3 is 2.55 bits per heavy atom. The number of ketones is 1. The summed E-state index contributed by atoms with van der Waals surface area (Å²) in [6, 6.07) is 8.29. The van der Waals surface area contributed by atoms with Crippen molar-refractivity contribution in [3.8, 4) is 17.0 Å². The SMILES string of the molecule is COc1ccc(S(=O)(=O)NCC(=O)c2cc(-c3cn(C)cn3)cc(Cl)c2F)cc1. The molecule has 0 amide bonds. The Bertz CT molecular complexity index is 1160. The molecular weight excluding hydrogens is 421 g/mol. The number of imidazole rings is 1. The molecule has 1 aromatic heterocycles. The van der Waals surface area contributed by atoms with Crippen molar-refractivity contribution in [2.24, 2.45) is 7.05 Å². The van der Waals surface area contributed by atoms with Crippen molar-refractivity contribution in [3.63, 3.8) is 0 Å². The quantitative estimate of drug-likeness (QED) is 0.574. The molecule has 10 heteroatoms.